The van der Waals surface area contributed by atoms with Crippen molar-refractivity contribution in [1.82, 2.24) is 10.3 Å². The molecule has 0 saturated heterocycles. The standard InChI is InChI=1S/C14H22N2/c1-3-9-15-10-6-7-13(2)12-14-8-4-5-11-16-14/h4-5,7-8,11,15H,3,6,9-10,12H2,1-2H3. The third-order valence-electron chi connectivity index (χ3n) is 2.43. The van der Waals surface area contributed by atoms with Crippen LogP contribution in [0.1, 0.15) is 32.4 Å². The third-order valence-corrected chi connectivity index (χ3v) is 2.43. The second-order valence-electron chi connectivity index (χ2n) is 4.09. The summed E-state index contributed by atoms with van der Waals surface area (Å²) in [6, 6.07) is 6.07. The van der Waals surface area contributed by atoms with Gasteiger partial charge in [0.15, 0.2) is 0 Å². The second-order valence-corrected chi connectivity index (χ2v) is 4.09. The first-order valence-electron chi connectivity index (χ1n) is 6.09. The number of rotatable bonds is 7. The van der Waals surface area contributed by atoms with Crippen molar-refractivity contribution in [3.8, 4) is 0 Å². The summed E-state index contributed by atoms with van der Waals surface area (Å²) in [5.41, 5.74) is 2.55. The summed E-state index contributed by atoms with van der Waals surface area (Å²) < 4.78 is 0. The molecule has 1 aromatic rings. The number of hydrogen-bond acceptors (Lipinski definition) is 2. The van der Waals surface area contributed by atoms with Gasteiger partial charge in [-0.05, 0) is 45.0 Å². The maximum atomic E-state index is 4.32. The Morgan fingerprint density at radius 1 is 1.38 bits per heavy atom. The van der Waals surface area contributed by atoms with Crippen LogP contribution in [0.25, 0.3) is 0 Å². The van der Waals surface area contributed by atoms with Gasteiger partial charge in [-0.1, -0.05) is 24.6 Å². The predicted octanol–water partition coefficient (Wildman–Crippen LogP) is 2.96. The second kappa shape index (κ2) is 8.05. The fourth-order valence-electron chi connectivity index (χ4n) is 1.58. The first-order chi connectivity index (χ1) is 7.83. The molecule has 0 aromatic carbocycles. The van der Waals surface area contributed by atoms with Gasteiger partial charge in [-0.2, -0.15) is 0 Å². The fourth-order valence-corrected chi connectivity index (χ4v) is 1.58. The van der Waals surface area contributed by atoms with Gasteiger partial charge in [-0.3, -0.25) is 4.98 Å². The summed E-state index contributed by atoms with van der Waals surface area (Å²) in [4.78, 5) is 4.32. The molecule has 0 aliphatic rings. The molecule has 0 aliphatic heterocycles. The highest BCUT2D eigenvalue weighted by Gasteiger charge is 1.94. The van der Waals surface area contributed by atoms with Gasteiger partial charge < -0.3 is 5.32 Å². The summed E-state index contributed by atoms with van der Waals surface area (Å²) in [5, 5.41) is 3.39. The van der Waals surface area contributed by atoms with Gasteiger partial charge >= 0.3 is 0 Å². The van der Waals surface area contributed by atoms with Crippen LogP contribution in [0.4, 0.5) is 0 Å². The van der Waals surface area contributed by atoms with Gasteiger partial charge in [0.25, 0.3) is 0 Å². The molecule has 88 valence electrons. The lowest BCUT2D eigenvalue weighted by Crippen LogP contribution is -2.15. The smallest absolute Gasteiger partial charge is 0.0443 e. The summed E-state index contributed by atoms with van der Waals surface area (Å²) in [6.45, 7) is 6.56. The quantitative estimate of drug-likeness (QED) is 0.562. The Kier molecular flexibility index (Phi) is 6.50. The van der Waals surface area contributed by atoms with Crippen LogP contribution in [-0.2, 0) is 6.42 Å². The molecule has 0 spiro atoms. The highest BCUT2D eigenvalue weighted by molar-refractivity contribution is 5.13. The summed E-state index contributed by atoms with van der Waals surface area (Å²) >= 11 is 0. The Hall–Kier alpha value is -1.15. The average molecular weight is 218 g/mol. The molecule has 16 heavy (non-hydrogen) atoms. The molecular weight excluding hydrogens is 196 g/mol. The summed E-state index contributed by atoms with van der Waals surface area (Å²) in [5.74, 6) is 0. The van der Waals surface area contributed by atoms with Crippen LogP contribution in [0, 0.1) is 0 Å². The van der Waals surface area contributed by atoms with Crippen molar-refractivity contribution in [3.05, 3.63) is 41.7 Å². The molecule has 0 bridgehead atoms. The number of pyridine rings is 1. The van der Waals surface area contributed by atoms with E-state index in [0.717, 1.165) is 31.6 Å². The van der Waals surface area contributed by atoms with E-state index in [0.29, 0.717) is 0 Å². The van der Waals surface area contributed by atoms with E-state index < -0.39 is 0 Å². The van der Waals surface area contributed by atoms with Crippen molar-refractivity contribution in [3.63, 3.8) is 0 Å². The molecule has 0 amide bonds. The van der Waals surface area contributed by atoms with E-state index in [9.17, 15) is 0 Å². The number of nitrogens with one attached hydrogen (secondary N) is 1. The van der Waals surface area contributed by atoms with Crippen molar-refractivity contribution < 1.29 is 0 Å². The van der Waals surface area contributed by atoms with Crippen molar-refractivity contribution in [2.75, 3.05) is 13.1 Å². The highest BCUT2D eigenvalue weighted by atomic mass is 14.8. The Bertz CT molecular complexity index is 304. The summed E-state index contributed by atoms with van der Waals surface area (Å²) in [6.07, 6.45) is 7.44. The monoisotopic (exact) mass is 218 g/mol. The Balaban J connectivity index is 2.24. The largest absolute Gasteiger partial charge is 0.316 e. The van der Waals surface area contributed by atoms with Crippen LogP contribution < -0.4 is 5.32 Å². The van der Waals surface area contributed by atoms with Crippen molar-refractivity contribution in [2.45, 2.75) is 33.1 Å². The van der Waals surface area contributed by atoms with Crippen LogP contribution in [0.5, 0.6) is 0 Å². The molecule has 1 rings (SSSR count). The van der Waals surface area contributed by atoms with Crippen molar-refractivity contribution in [1.29, 1.82) is 0 Å². The Morgan fingerprint density at radius 2 is 2.25 bits per heavy atom. The SMILES string of the molecule is CCCNCCC=C(C)Cc1ccccn1. The van der Waals surface area contributed by atoms with Gasteiger partial charge in [-0.15, -0.1) is 0 Å². The first-order valence-corrected chi connectivity index (χ1v) is 6.09. The van der Waals surface area contributed by atoms with E-state index in [4.69, 9.17) is 0 Å². The molecule has 1 N–H and O–H groups in total. The minimum Gasteiger partial charge on any atom is -0.316 e. The normalized spacial score (nSPS) is 11.8. The summed E-state index contributed by atoms with van der Waals surface area (Å²) in [7, 11) is 0. The zero-order valence-electron chi connectivity index (χ0n) is 10.4. The molecule has 0 radical (unpaired) electrons. The molecular formula is C14H22N2. The van der Waals surface area contributed by atoms with Gasteiger partial charge in [-0.25, -0.2) is 0 Å². The minimum atomic E-state index is 0.967. The van der Waals surface area contributed by atoms with Crippen LogP contribution in [-0.4, -0.2) is 18.1 Å². The number of aromatic nitrogens is 1. The number of nitrogens with zero attached hydrogens (tertiary/aromatic N) is 1. The van der Waals surface area contributed by atoms with Gasteiger partial charge in [0.1, 0.15) is 0 Å². The lowest BCUT2D eigenvalue weighted by Gasteiger charge is -2.02. The molecule has 1 heterocycles. The number of allylic oxidation sites excluding steroid dienone is 1. The molecule has 1 aromatic heterocycles. The van der Waals surface area contributed by atoms with Gasteiger partial charge in [0.05, 0.1) is 0 Å². The lowest BCUT2D eigenvalue weighted by atomic mass is 10.1. The Labute approximate surface area is 98.8 Å². The molecule has 0 unspecified atom stereocenters. The molecule has 0 saturated carbocycles. The zero-order valence-corrected chi connectivity index (χ0v) is 10.4. The lowest BCUT2D eigenvalue weighted by molar-refractivity contribution is 0.676. The number of hydrogen-bond donors (Lipinski definition) is 1. The topological polar surface area (TPSA) is 24.9 Å². The maximum Gasteiger partial charge on any atom is 0.0443 e. The van der Waals surface area contributed by atoms with E-state index in [1.165, 1.54) is 12.0 Å². The average Bonchev–Trinajstić information content (AvgIpc) is 2.30. The van der Waals surface area contributed by atoms with Crippen LogP contribution in [0.3, 0.4) is 0 Å². The van der Waals surface area contributed by atoms with E-state index >= 15 is 0 Å². The van der Waals surface area contributed by atoms with E-state index in [-0.39, 0.29) is 0 Å². The third kappa shape index (κ3) is 5.66. The zero-order chi connectivity index (χ0) is 11.6. The minimum absolute atomic E-state index is 0.967. The fraction of sp³-hybridized carbons (Fsp3) is 0.500. The van der Waals surface area contributed by atoms with Crippen LogP contribution >= 0.6 is 0 Å². The first kappa shape index (κ1) is 12.9. The molecule has 0 aliphatic carbocycles. The highest BCUT2D eigenvalue weighted by Crippen LogP contribution is 2.04. The van der Waals surface area contributed by atoms with Gasteiger partial charge in [0, 0.05) is 18.3 Å². The molecule has 0 fully saturated rings. The Morgan fingerprint density at radius 3 is 2.94 bits per heavy atom. The van der Waals surface area contributed by atoms with Crippen LogP contribution in [0.2, 0.25) is 0 Å². The van der Waals surface area contributed by atoms with Crippen molar-refractivity contribution in [2.24, 2.45) is 0 Å². The molecule has 0 atom stereocenters. The molecule has 2 nitrogen and oxygen atoms in total. The maximum absolute atomic E-state index is 4.32. The van der Waals surface area contributed by atoms with Crippen LogP contribution in [0.15, 0.2) is 36.0 Å². The van der Waals surface area contributed by atoms with E-state index in [1.54, 1.807) is 0 Å². The van der Waals surface area contributed by atoms with Gasteiger partial charge in [0.2, 0.25) is 0 Å². The van der Waals surface area contributed by atoms with E-state index in [1.807, 2.05) is 18.3 Å². The van der Waals surface area contributed by atoms with Crippen molar-refractivity contribution >= 4 is 0 Å². The molecule has 2 heteroatoms. The van der Waals surface area contributed by atoms with E-state index in [2.05, 4.69) is 36.3 Å². The predicted molar refractivity (Wildman–Crippen MR) is 69.5 cm³/mol.